The third-order valence-electron chi connectivity index (χ3n) is 2.86. The Hall–Kier alpha value is -1.71. The van der Waals surface area contributed by atoms with Crippen LogP contribution in [0.15, 0.2) is 23.1 Å². The average molecular weight is 201 g/mol. The maximum atomic E-state index is 11.7. The lowest BCUT2D eigenvalue weighted by molar-refractivity contribution is 0.666. The molecule has 0 aromatic carbocycles. The van der Waals surface area contributed by atoms with E-state index in [2.05, 4.69) is 9.97 Å². The molecule has 1 aliphatic carbocycles. The van der Waals surface area contributed by atoms with Gasteiger partial charge in [0.25, 0.3) is 0 Å². The molecule has 0 aliphatic heterocycles. The van der Waals surface area contributed by atoms with Crippen LogP contribution in [0.4, 0.5) is 0 Å². The SMILES string of the molecule is Cc1c2cccnc2nc(=O)n1C1CC1. The maximum absolute atomic E-state index is 11.7. The summed E-state index contributed by atoms with van der Waals surface area (Å²) in [6, 6.07) is 4.21. The van der Waals surface area contributed by atoms with Crippen LogP contribution in [-0.2, 0) is 0 Å². The fourth-order valence-electron chi connectivity index (χ4n) is 1.95. The summed E-state index contributed by atoms with van der Waals surface area (Å²) in [6.45, 7) is 1.96. The zero-order valence-corrected chi connectivity index (χ0v) is 8.47. The van der Waals surface area contributed by atoms with E-state index in [4.69, 9.17) is 0 Å². The lowest BCUT2D eigenvalue weighted by Crippen LogP contribution is -2.24. The molecule has 15 heavy (non-hydrogen) atoms. The fraction of sp³-hybridized carbons (Fsp3) is 0.364. The van der Waals surface area contributed by atoms with E-state index in [1.54, 1.807) is 10.8 Å². The summed E-state index contributed by atoms with van der Waals surface area (Å²) in [5.41, 5.74) is 1.37. The zero-order chi connectivity index (χ0) is 10.4. The molecule has 2 aromatic heterocycles. The minimum Gasteiger partial charge on any atom is -0.293 e. The summed E-state index contributed by atoms with van der Waals surface area (Å²) < 4.78 is 1.80. The molecule has 0 saturated heterocycles. The van der Waals surface area contributed by atoms with Crippen LogP contribution < -0.4 is 5.69 Å². The van der Waals surface area contributed by atoms with Crippen LogP contribution in [0.5, 0.6) is 0 Å². The molecular formula is C11H11N3O. The molecule has 4 heteroatoms. The minimum atomic E-state index is -0.166. The topological polar surface area (TPSA) is 47.8 Å². The van der Waals surface area contributed by atoms with Crippen LogP contribution in [0, 0.1) is 6.92 Å². The van der Waals surface area contributed by atoms with E-state index in [9.17, 15) is 4.79 Å². The summed E-state index contributed by atoms with van der Waals surface area (Å²) in [6.07, 6.45) is 3.85. The third kappa shape index (κ3) is 1.25. The van der Waals surface area contributed by atoms with Crippen molar-refractivity contribution in [3.63, 3.8) is 0 Å². The van der Waals surface area contributed by atoms with Crippen LogP contribution in [0.2, 0.25) is 0 Å². The van der Waals surface area contributed by atoms with E-state index in [0.717, 1.165) is 23.9 Å². The standard InChI is InChI=1S/C11H11N3O/c1-7-9-3-2-6-12-10(9)13-11(15)14(7)8-4-5-8/h2-3,6,8H,4-5H2,1H3. The normalized spacial score (nSPS) is 15.8. The first-order chi connectivity index (χ1) is 7.27. The molecule has 0 spiro atoms. The smallest absolute Gasteiger partial charge is 0.293 e. The molecule has 0 atom stereocenters. The molecule has 3 rings (SSSR count). The van der Waals surface area contributed by atoms with Crippen LogP contribution >= 0.6 is 0 Å². The number of aromatic nitrogens is 3. The Morgan fingerprint density at radius 1 is 1.47 bits per heavy atom. The van der Waals surface area contributed by atoms with Gasteiger partial charge >= 0.3 is 5.69 Å². The molecule has 0 radical (unpaired) electrons. The Bertz CT molecular complexity index is 584. The molecule has 2 aromatic rings. The minimum absolute atomic E-state index is 0.166. The molecule has 1 saturated carbocycles. The van der Waals surface area contributed by atoms with Crippen molar-refractivity contribution in [2.75, 3.05) is 0 Å². The van der Waals surface area contributed by atoms with Crippen molar-refractivity contribution < 1.29 is 0 Å². The molecule has 0 bridgehead atoms. The van der Waals surface area contributed by atoms with Gasteiger partial charge in [-0.25, -0.2) is 9.78 Å². The van der Waals surface area contributed by atoms with Crippen LogP contribution in [-0.4, -0.2) is 14.5 Å². The highest BCUT2D eigenvalue weighted by Gasteiger charge is 2.27. The lowest BCUT2D eigenvalue weighted by Gasteiger charge is -2.09. The van der Waals surface area contributed by atoms with E-state index in [1.165, 1.54) is 0 Å². The van der Waals surface area contributed by atoms with Gasteiger partial charge in [0.1, 0.15) is 0 Å². The number of rotatable bonds is 1. The van der Waals surface area contributed by atoms with Gasteiger partial charge in [-0.2, -0.15) is 4.98 Å². The predicted molar refractivity (Wildman–Crippen MR) is 56.8 cm³/mol. The second kappa shape index (κ2) is 2.89. The van der Waals surface area contributed by atoms with E-state index >= 15 is 0 Å². The molecule has 0 N–H and O–H groups in total. The first kappa shape index (κ1) is 8.59. The Morgan fingerprint density at radius 2 is 2.27 bits per heavy atom. The second-order valence-corrected chi connectivity index (χ2v) is 3.96. The Labute approximate surface area is 86.6 Å². The average Bonchev–Trinajstić information content (AvgIpc) is 3.02. The largest absolute Gasteiger partial charge is 0.350 e. The lowest BCUT2D eigenvalue weighted by atomic mass is 10.2. The van der Waals surface area contributed by atoms with Crippen molar-refractivity contribution in [2.45, 2.75) is 25.8 Å². The summed E-state index contributed by atoms with van der Waals surface area (Å²) in [5, 5.41) is 0.976. The highest BCUT2D eigenvalue weighted by atomic mass is 16.1. The van der Waals surface area contributed by atoms with Crippen molar-refractivity contribution in [2.24, 2.45) is 0 Å². The molecule has 0 amide bonds. The molecule has 2 heterocycles. The number of hydrogen-bond donors (Lipinski definition) is 0. The summed E-state index contributed by atoms with van der Waals surface area (Å²) >= 11 is 0. The number of nitrogens with zero attached hydrogens (tertiary/aromatic N) is 3. The highest BCUT2D eigenvalue weighted by molar-refractivity contribution is 5.76. The monoisotopic (exact) mass is 201 g/mol. The fourth-order valence-corrected chi connectivity index (χ4v) is 1.95. The van der Waals surface area contributed by atoms with Crippen molar-refractivity contribution in [3.8, 4) is 0 Å². The van der Waals surface area contributed by atoms with Crippen molar-refractivity contribution in [1.82, 2.24) is 14.5 Å². The second-order valence-electron chi connectivity index (χ2n) is 3.96. The van der Waals surface area contributed by atoms with Gasteiger partial charge in [0, 0.05) is 23.3 Å². The van der Waals surface area contributed by atoms with Gasteiger partial charge in [-0.15, -0.1) is 0 Å². The van der Waals surface area contributed by atoms with Gasteiger partial charge in [-0.3, -0.25) is 4.57 Å². The first-order valence-electron chi connectivity index (χ1n) is 5.11. The van der Waals surface area contributed by atoms with Gasteiger partial charge in [0.05, 0.1) is 0 Å². The summed E-state index contributed by atoms with van der Waals surface area (Å²) in [7, 11) is 0. The third-order valence-corrected chi connectivity index (χ3v) is 2.86. The summed E-state index contributed by atoms with van der Waals surface area (Å²) in [5.74, 6) is 0. The molecule has 4 nitrogen and oxygen atoms in total. The first-order valence-corrected chi connectivity index (χ1v) is 5.11. The van der Waals surface area contributed by atoms with Crippen molar-refractivity contribution in [3.05, 3.63) is 34.5 Å². The molecular weight excluding hydrogens is 190 g/mol. The molecule has 1 aliphatic rings. The molecule has 76 valence electrons. The number of hydrogen-bond acceptors (Lipinski definition) is 3. The van der Waals surface area contributed by atoms with Gasteiger partial charge in [0.2, 0.25) is 0 Å². The van der Waals surface area contributed by atoms with Gasteiger partial charge < -0.3 is 0 Å². The Morgan fingerprint density at radius 3 is 3.00 bits per heavy atom. The van der Waals surface area contributed by atoms with Crippen LogP contribution in [0.1, 0.15) is 24.6 Å². The summed E-state index contributed by atoms with van der Waals surface area (Å²) in [4.78, 5) is 19.8. The maximum Gasteiger partial charge on any atom is 0.350 e. The van der Waals surface area contributed by atoms with Crippen LogP contribution in [0.3, 0.4) is 0 Å². The van der Waals surface area contributed by atoms with E-state index < -0.39 is 0 Å². The van der Waals surface area contributed by atoms with E-state index in [1.807, 2.05) is 19.1 Å². The Kier molecular flexibility index (Phi) is 1.65. The predicted octanol–water partition coefficient (Wildman–Crippen LogP) is 1.43. The van der Waals surface area contributed by atoms with Gasteiger partial charge in [-0.05, 0) is 31.9 Å². The van der Waals surface area contributed by atoms with Crippen molar-refractivity contribution >= 4 is 11.0 Å². The Balaban J connectivity index is 2.41. The number of pyridine rings is 1. The van der Waals surface area contributed by atoms with Crippen LogP contribution in [0.25, 0.3) is 11.0 Å². The highest BCUT2D eigenvalue weighted by Crippen LogP contribution is 2.35. The zero-order valence-electron chi connectivity index (χ0n) is 8.47. The molecule has 0 unspecified atom stereocenters. The van der Waals surface area contributed by atoms with Gasteiger partial charge in [-0.1, -0.05) is 0 Å². The molecule has 1 fully saturated rings. The van der Waals surface area contributed by atoms with E-state index in [0.29, 0.717) is 11.7 Å². The van der Waals surface area contributed by atoms with E-state index in [-0.39, 0.29) is 5.69 Å². The number of fused-ring (bicyclic) bond motifs is 1. The van der Waals surface area contributed by atoms with Crippen molar-refractivity contribution in [1.29, 1.82) is 0 Å². The quantitative estimate of drug-likeness (QED) is 0.701. The van der Waals surface area contributed by atoms with Gasteiger partial charge in [0.15, 0.2) is 5.65 Å². The number of aryl methyl sites for hydroxylation is 1.